The van der Waals surface area contributed by atoms with Crippen LogP contribution >= 0.6 is 0 Å². The van der Waals surface area contributed by atoms with Gasteiger partial charge in [0.25, 0.3) is 0 Å². The van der Waals surface area contributed by atoms with Crippen LogP contribution in [0.5, 0.6) is 0 Å². The molecule has 20 heavy (non-hydrogen) atoms. The average Bonchev–Trinajstić information content (AvgIpc) is 2.38. The molecule has 3 nitrogen and oxygen atoms in total. The third kappa shape index (κ3) is 3.84. The Morgan fingerprint density at radius 3 is 2.60 bits per heavy atom. The Morgan fingerprint density at radius 1 is 1.30 bits per heavy atom. The number of ether oxygens (including phenoxy) is 2. The third-order valence-corrected chi connectivity index (χ3v) is 3.33. The highest BCUT2D eigenvalue weighted by molar-refractivity contribution is 5.97. The van der Waals surface area contributed by atoms with Gasteiger partial charge in [-0.1, -0.05) is 0 Å². The predicted octanol–water partition coefficient (Wildman–Crippen LogP) is 3.12. The van der Waals surface area contributed by atoms with Crippen molar-refractivity contribution in [1.82, 2.24) is 0 Å². The summed E-state index contributed by atoms with van der Waals surface area (Å²) in [6, 6.07) is 2.83. The molecule has 1 heterocycles. The first-order valence-electron chi connectivity index (χ1n) is 6.71. The van der Waals surface area contributed by atoms with E-state index in [1.807, 2.05) is 13.8 Å². The van der Waals surface area contributed by atoms with Gasteiger partial charge in [0, 0.05) is 0 Å². The van der Waals surface area contributed by atoms with Crippen molar-refractivity contribution in [3.05, 3.63) is 35.4 Å². The van der Waals surface area contributed by atoms with Gasteiger partial charge in [-0.15, -0.1) is 0 Å². The van der Waals surface area contributed by atoms with Gasteiger partial charge in [-0.05, 0) is 44.9 Å². The Morgan fingerprint density at radius 2 is 1.95 bits per heavy atom. The van der Waals surface area contributed by atoms with Crippen LogP contribution in [0.25, 0.3) is 0 Å². The van der Waals surface area contributed by atoms with E-state index in [4.69, 9.17) is 9.47 Å². The van der Waals surface area contributed by atoms with E-state index in [1.165, 1.54) is 0 Å². The van der Waals surface area contributed by atoms with Gasteiger partial charge in [0.1, 0.15) is 18.2 Å². The molecule has 1 fully saturated rings. The van der Waals surface area contributed by atoms with Crippen LogP contribution in [0.2, 0.25) is 0 Å². The van der Waals surface area contributed by atoms with Gasteiger partial charge in [-0.25, -0.2) is 8.78 Å². The third-order valence-electron chi connectivity index (χ3n) is 3.33. The Bertz CT molecular complexity index is 480. The minimum absolute atomic E-state index is 0.0738. The van der Waals surface area contributed by atoms with E-state index in [-0.39, 0.29) is 30.5 Å². The van der Waals surface area contributed by atoms with Crippen molar-refractivity contribution in [3.63, 3.8) is 0 Å². The summed E-state index contributed by atoms with van der Waals surface area (Å²) in [6.07, 6.45) is 1.45. The number of ketones is 1. The minimum atomic E-state index is -0.728. The molecule has 0 bridgehead atoms. The zero-order valence-corrected chi connectivity index (χ0v) is 11.6. The first kappa shape index (κ1) is 15.1. The predicted molar refractivity (Wildman–Crippen MR) is 69.7 cm³/mol. The van der Waals surface area contributed by atoms with Crippen molar-refractivity contribution in [3.8, 4) is 0 Å². The Labute approximate surface area is 116 Å². The van der Waals surface area contributed by atoms with Crippen molar-refractivity contribution >= 4 is 5.78 Å². The molecule has 0 saturated carbocycles. The molecular formula is C15H18F2O3. The maximum Gasteiger partial charge on any atom is 0.191 e. The van der Waals surface area contributed by atoms with E-state index in [9.17, 15) is 13.6 Å². The molecule has 0 radical (unpaired) electrons. The molecule has 0 aliphatic carbocycles. The van der Waals surface area contributed by atoms with Gasteiger partial charge in [-0.3, -0.25) is 4.79 Å². The number of rotatable bonds is 4. The lowest BCUT2D eigenvalue weighted by molar-refractivity contribution is -0.0975. The monoisotopic (exact) mass is 284 g/mol. The summed E-state index contributed by atoms with van der Waals surface area (Å²) >= 11 is 0. The molecule has 2 unspecified atom stereocenters. The largest absolute Gasteiger partial charge is 0.375 e. The fraction of sp³-hybridized carbons (Fsp3) is 0.533. The maximum absolute atomic E-state index is 13.4. The number of hydrogen-bond donors (Lipinski definition) is 0. The molecule has 110 valence electrons. The second-order valence-electron chi connectivity index (χ2n) is 5.21. The van der Waals surface area contributed by atoms with Gasteiger partial charge in [-0.2, -0.15) is 0 Å². The lowest BCUT2D eigenvalue weighted by Crippen LogP contribution is -2.35. The van der Waals surface area contributed by atoms with Gasteiger partial charge in [0.2, 0.25) is 0 Å². The molecule has 2 atom stereocenters. The van der Waals surface area contributed by atoms with Gasteiger partial charge in [0.15, 0.2) is 5.78 Å². The number of hydrogen-bond acceptors (Lipinski definition) is 3. The molecule has 2 rings (SSSR count). The highest BCUT2D eigenvalue weighted by Gasteiger charge is 2.26. The first-order chi connectivity index (χ1) is 9.45. The summed E-state index contributed by atoms with van der Waals surface area (Å²) in [5.74, 6) is -1.91. The van der Waals surface area contributed by atoms with Crippen LogP contribution in [0.3, 0.4) is 0 Å². The quantitative estimate of drug-likeness (QED) is 0.797. The minimum Gasteiger partial charge on any atom is -0.375 e. The van der Waals surface area contributed by atoms with E-state index in [1.54, 1.807) is 0 Å². The van der Waals surface area contributed by atoms with Crippen molar-refractivity contribution in [1.29, 1.82) is 0 Å². The highest BCUT2D eigenvalue weighted by Crippen LogP contribution is 2.22. The highest BCUT2D eigenvalue weighted by atomic mass is 19.1. The van der Waals surface area contributed by atoms with E-state index in [0.29, 0.717) is 12.8 Å². The zero-order chi connectivity index (χ0) is 14.7. The lowest BCUT2D eigenvalue weighted by atomic mass is 10.0. The lowest BCUT2D eigenvalue weighted by Gasteiger charge is -2.31. The fourth-order valence-electron chi connectivity index (χ4n) is 2.46. The summed E-state index contributed by atoms with van der Waals surface area (Å²) in [7, 11) is 0. The SMILES string of the molecule is CC1CC(OCC(=O)c2cc(F)ccc2F)CC(C)O1. The molecule has 0 N–H and O–H groups in total. The molecule has 1 aromatic carbocycles. The molecule has 0 spiro atoms. The van der Waals surface area contributed by atoms with E-state index in [0.717, 1.165) is 18.2 Å². The number of carbonyl (C=O) groups is 1. The number of halogens is 2. The normalized spacial score (nSPS) is 26.5. The van der Waals surface area contributed by atoms with Crippen LogP contribution in [0.4, 0.5) is 8.78 Å². The van der Waals surface area contributed by atoms with Crippen molar-refractivity contribution in [2.45, 2.75) is 45.0 Å². The van der Waals surface area contributed by atoms with Gasteiger partial charge >= 0.3 is 0 Å². The summed E-state index contributed by atoms with van der Waals surface area (Å²) in [6.45, 7) is 3.64. The molecule has 0 aromatic heterocycles. The first-order valence-corrected chi connectivity index (χ1v) is 6.71. The summed E-state index contributed by atoms with van der Waals surface area (Å²) < 4.78 is 37.6. The second kappa shape index (κ2) is 6.41. The molecule has 1 aliphatic rings. The molecule has 1 aromatic rings. The molecular weight excluding hydrogens is 266 g/mol. The second-order valence-corrected chi connectivity index (χ2v) is 5.21. The van der Waals surface area contributed by atoms with E-state index < -0.39 is 17.4 Å². The Balaban J connectivity index is 1.93. The number of benzene rings is 1. The number of carbonyl (C=O) groups excluding carboxylic acids is 1. The van der Waals surface area contributed by atoms with Crippen molar-refractivity contribution < 1.29 is 23.0 Å². The van der Waals surface area contributed by atoms with E-state index >= 15 is 0 Å². The molecule has 1 saturated heterocycles. The standard InChI is InChI=1S/C15H18F2O3/c1-9-5-12(6-10(2)20-9)19-8-15(18)13-7-11(16)3-4-14(13)17/h3-4,7,9-10,12H,5-6,8H2,1-2H3. The Kier molecular flexibility index (Phi) is 4.83. The van der Waals surface area contributed by atoms with Crippen LogP contribution in [0.1, 0.15) is 37.0 Å². The van der Waals surface area contributed by atoms with Gasteiger partial charge in [0.05, 0.1) is 23.9 Å². The van der Waals surface area contributed by atoms with Crippen molar-refractivity contribution in [2.75, 3.05) is 6.61 Å². The summed E-state index contributed by atoms with van der Waals surface area (Å²) in [4.78, 5) is 11.9. The van der Waals surface area contributed by atoms with Gasteiger partial charge < -0.3 is 9.47 Å². The van der Waals surface area contributed by atoms with Crippen LogP contribution in [-0.2, 0) is 9.47 Å². The van der Waals surface area contributed by atoms with Crippen LogP contribution in [0, 0.1) is 11.6 Å². The van der Waals surface area contributed by atoms with Crippen molar-refractivity contribution in [2.24, 2.45) is 0 Å². The zero-order valence-electron chi connectivity index (χ0n) is 11.6. The number of Topliss-reactive ketones (excluding diaryl/α,β-unsaturated/α-hetero) is 1. The molecule has 5 heteroatoms. The van der Waals surface area contributed by atoms with E-state index in [2.05, 4.69) is 0 Å². The topological polar surface area (TPSA) is 35.5 Å². The molecule has 0 amide bonds. The summed E-state index contributed by atoms with van der Waals surface area (Å²) in [5, 5.41) is 0. The fourth-order valence-corrected chi connectivity index (χ4v) is 2.46. The van der Waals surface area contributed by atoms with Crippen LogP contribution in [-0.4, -0.2) is 30.7 Å². The average molecular weight is 284 g/mol. The Hall–Kier alpha value is -1.33. The smallest absolute Gasteiger partial charge is 0.191 e. The van der Waals surface area contributed by atoms with Crippen LogP contribution in [0.15, 0.2) is 18.2 Å². The molecule has 1 aliphatic heterocycles. The van der Waals surface area contributed by atoms with Crippen LogP contribution < -0.4 is 0 Å². The summed E-state index contributed by atoms with van der Waals surface area (Å²) in [5.41, 5.74) is -0.266. The maximum atomic E-state index is 13.4.